The van der Waals surface area contributed by atoms with Crippen LogP contribution >= 0.6 is 0 Å². The molecular weight excluding hydrogens is 310 g/mol. The molecule has 0 radical (unpaired) electrons. The average molecular weight is 329 g/mol. The second-order valence-corrected chi connectivity index (χ2v) is 6.10. The molecule has 1 aromatic heterocycles. The van der Waals surface area contributed by atoms with Gasteiger partial charge in [-0.1, -0.05) is 17.3 Å². The minimum atomic E-state index is -0.364. The number of carbonyl (C=O) groups is 1. The molecule has 1 saturated carbocycles. The van der Waals surface area contributed by atoms with Crippen LogP contribution in [-0.2, 0) is 4.74 Å². The quantitative estimate of drug-likeness (QED) is 0.855. The van der Waals surface area contributed by atoms with Crippen LogP contribution in [0.2, 0.25) is 0 Å². The minimum Gasteiger partial charge on any atom is -0.490 e. The summed E-state index contributed by atoms with van der Waals surface area (Å²) in [6, 6.07) is 7.40. The zero-order chi connectivity index (χ0) is 16.5. The summed E-state index contributed by atoms with van der Waals surface area (Å²) in [6.07, 6.45) is 1.99. The van der Waals surface area contributed by atoms with E-state index in [1.54, 1.807) is 11.8 Å². The van der Waals surface area contributed by atoms with E-state index in [0.29, 0.717) is 42.7 Å². The predicted octanol–water partition coefficient (Wildman–Crippen LogP) is 2.13. The first-order chi connectivity index (χ1) is 11.7. The number of carbonyl (C=O) groups excluding carboxylic acids is 1. The number of ether oxygens (including phenoxy) is 2. The summed E-state index contributed by atoms with van der Waals surface area (Å²) in [7, 11) is 0. The molecule has 1 aliphatic carbocycles. The zero-order valence-electron chi connectivity index (χ0n) is 13.5. The molecule has 1 atom stereocenters. The molecular formula is C17H19N3O4. The van der Waals surface area contributed by atoms with Gasteiger partial charge in [-0.05, 0) is 25.0 Å². The highest BCUT2D eigenvalue weighted by atomic mass is 16.5. The Morgan fingerprint density at radius 3 is 2.92 bits per heavy atom. The van der Waals surface area contributed by atoms with Gasteiger partial charge < -0.3 is 18.9 Å². The zero-order valence-corrected chi connectivity index (χ0v) is 13.5. The van der Waals surface area contributed by atoms with Crippen molar-refractivity contribution >= 4 is 5.91 Å². The van der Waals surface area contributed by atoms with Gasteiger partial charge in [0.25, 0.3) is 5.91 Å². The summed E-state index contributed by atoms with van der Waals surface area (Å²) in [5.74, 6) is 1.57. The number of hydrogen-bond donors (Lipinski definition) is 0. The van der Waals surface area contributed by atoms with Crippen LogP contribution in [0.4, 0.5) is 0 Å². The second-order valence-electron chi connectivity index (χ2n) is 6.10. The molecule has 2 aromatic rings. The van der Waals surface area contributed by atoms with Crippen LogP contribution in [0, 0.1) is 6.92 Å². The molecule has 1 saturated heterocycles. The summed E-state index contributed by atoms with van der Waals surface area (Å²) < 4.78 is 16.6. The van der Waals surface area contributed by atoms with Crippen molar-refractivity contribution in [3.8, 4) is 5.75 Å². The van der Waals surface area contributed by atoms with Gasteiger partial charge in [0.05, 0.1) is 24.8 Å². The van der Waals surface area contributed by atoms with Gasteiger partial charge in [-0.3, -0.25) is 4.79 Å². The molecule has 2 fully saturated rings. The van der Waals surface area contributed by atoms with Crippen LogP contribution in [0.3, 0.4) is 0 Å². The Balaban J connectivity index is 1.51. The monoisotopic (exact) mass is 329 g/mol. The maximum atomic E-state index is 12.9. The fraction of sp³-hybridized carbons (Fsp3) is 0.471. The lowest BCUT2D eigenvalue weighted by Gasteiger charge is -2.31. The average Bonchev–Trinajstić information content (AvgIpc) is 3.32. The number of morpholine rings is 1. The summed E-state index contributed by atoms with van der Waals surface area (Å²) in [5, 5.41) is 3.90. The fourth-order valence-corrected chi connectivity index (χ4v) is 2.72. The Hall–Kier alpha value is -2.41. The molecule has 0 spiro atoms. The Labute approximate surface area is 139 Å². The SMILES string of the molecule is Cc1nc(C2CN(C(=O)c3ccccc3OC3CC3)CCO2)no1. The van der Waals surface area contributed by atoms with Gasteiger partial charge in [0.15, 0.2) is 0 Å². The van der Waals surface area contributed by atoms with E-state index in [1.165, 1.54) is 0 Å². The molecule has 4 rings (SSSR count). The van der Waals surface area contributed by atoms with Crippen molar-refractivity contribution < 1.29 is 18.8 Å². The summed E-state index contributed by atoms with van der Waals surface area (Å²) in [4.78, 5) is 18.9. The first kappa shape index (κ1) is 15.1. The number of hydrogen-bond acceptors (Lipinski definition) is 6. The third-order valence-corrected chi connectivity index (χ3v) is 4.12. The molecule has 126 valence electrons. The lowest BCUT2D eigenvalue weighted by molar-refractivity contribution is -0.0277. The van der Waals surface area contributed by atoms with Crippen molar-refractivity contribution in [2.24, 2.45) is 0 Å². The smallest absolute Gasteiger partial charge is 0.257 e. The molecule has 24 heavy (non-hydrogen) atoms. The number of aromatic nitrogens is 2. The third kappa shape index (κ3) is 3.12. The molecule has 7 nitrogen and oxygen atoms in total. The van der Waals surface area contributed by atoms with Crippen LogP contribution in [-0.4, -0.2) is 46.7 Å². The Morgan fingerprint density at radius 1 is 1.33 bits per heavy atom. The predicted molar refractivity (Wildman–Crippen MR) is 83.7 cm³/mol. The van der Waals surface area contributed by atoms with Crippen molar-refractivity contribution in [3.05, 3.63) is 41.5 Å². The molecule has 1 amide bonds. The molecule has 1 unspecified atom stereocenters. The van der Waals surface area contributed by atoms with Gasteiger partial charge in [0.1, 0.15) is 11.9 Å². The van der Waals surface area contributed by atoms with E-state index in [4.69, 9.17) is 14.0 Å². The number of amides is 1. The number of aryl methyl sites for hydroxylation is 1. The largest absolute Gasteiger partial charge is 0.490 e. The van der Waals surface area contributed by atoms with Crippen LogP contribution in [0.1, 0.15) is 41.0 Å². The molecule has 7 heteroatoms. The third-order valence-electron chi connectivity index (χ3n) is 4.12. The molecule has 1 aliphatic heterocycles. The van der Waals surface area contributed by atoms with Crippen LogP contribution in [0.25, 0.3) is 0 Å². The maximum Gasteiger partial charge on any atom is 0.257 e. The molecule has 1 aromatic carbocycles. The van der Waals surface area contributed by atoms with Gasteiger partial charge in [-0.25, -0.2) is 0 Å². The van der Waals surface area contributed by atoms with Crippen molar-refractivity contribution in [2.75, 3.05) is 19.7 Å². The van der Waals surface area contributed by atoms with Crippen molar-refractivity contribution in [1.29, 1.82) is 0 Å². The molecule has 0 bridgehead atoms. The summed E-state index contributed by atoms with van der Waals surface area (Å²) in [6.45, 7) is 3.10. The Bertz CT molecular complexity index is 741. The Morgan fingerprint density at radius 2 is 2.17 bits per heavy atom. The van der Waals surface area contributed by atoms with Gasteiger partial charge in [-0.2, -0.15) is 4.98 Å². The summed E-state index contributed by atoms with van der Waals surface area (Å²) >= 11 is 0. The van der Waals surface area contributed by atoms with E-state index in [-0.39, 0.29) is 18.1 Å². The molecule has 2 aliphatic rings. The van der Waals surface area contributed by atoms with Crippen LogP contribution in [0.15, 0.2) is 28.8 Å². The fourth-order valence-electron chi connectivity index (χ4n) is 2.72. The highest BCUT2D eigenvalue weighted by Gasteiger charge is 2.31. The van der Waals surface area contributed by atoms with Gasteiger partial charge in [-0.15, -0.1) is 0 Å². The van der Waals surface area contributed by atoms with Crippen LogP contribution < -0.4 is 4.74 Å². The van der Waals surface area contributed by atoms with E-state index in [9.17, 15) is 4.79 Å². The maximum absolute atomic E-state index is 12.9. The Kier molecular flexibility index (Phi) is 3.93. The number of nitrogens with zero attached hydrogens (tertiary/aromatic N) is 3. The normalized spacial score (nSPS) is 20.9. The first-order valence-corrected chi connectivity index (χ1v) is 8.17. The first-order valence-electron chi connectivity index (χ1n) is 8.17. The highest BCUT2D eigenvalue weighted by molar-refractivity contribution is 5.97. The number of benzene rings is 1. The van der Waals surface area contributed by atoms with E-state index in [1.807, 2.05) is 24.3 Å². The lowest BCUT2D eigenvalue weighted by Crippen LogP contribution is -2.42. The lowest BCUT2D eigenvalue weighted by atomic mass is 10.1. The van der Waals surface area contributed by atoms with Gasteiger partial charge in [0.2, 0.25) is 11.7 Å². The highest BCUT2D eigenvalue weighted by Crippen LogP contribution is 2.30. The van der Waals surface area contributed by atoms with Gasteiger partial charge >= 0.3 is 0 Å². The van der Waals surface area contributed by atoms with Crippen LogP contribution in [0.5, 0.6) is 5.75 Å². The molecule has 2 heterocycles. The minimum absolute atomic E-state index is 0.0558. The van der Waals surface area contributed by atoms with Crippen molar-refractivity contribution in [3.63, 3.8) is 0 Å². The topological polar surface area (TPSA) is 77.7 Å². The van der Waals surface area contributed by atoms with E-state index < -0.39 is 0 Å². The standard InChI is InChI=1S/C17H19N3O4/c1-11-18-16(19-24-11)15-10-20(8-9-22-15)17(21)13-4-2-3-5-14(13)23-12-6-7-12/h2-5,12,15H,6-10H2,1H3. The van der Waals surface area contributed by atoms with Crippen molar-refractivity contribution in [2.45, 2.75) is 32.0 Å². The molecule has 0 N–H and O–H groups in total. The number of rotatable bonds is 4. The number of para-hydroxylation sites is 1. The van der Waals surface area contributed by atoms with E-state index in [2.05, 4.69) is 10.1 Å². The van der Waals surface area contributed by atoms with Gasteiger partial charge in [0, 0.05) is 13.5 Å². The summed E-state index contributed by atoms with van der Waals surface area (Å²) in [5.41, 5.74) is 0.592. The van der Waals surface area contributed by atoms with E-state index in [0.717, 1.165) is 12.8 Å². The van der Waals surface area contributed by atoms with Crippen molar-refractivity contribution in [1.82, 2.24) is 15.0 Å². The second kappa shape index (κ2) is 6.24. The van der Waals surface area contributed by atoms with E-state index >= 15 is 0 Å².